The highest BCUT2D eigenvalue weighted by Gasteiger charge is 2.20. The fourth-order valence-electron chi connectivity index (χ4n) is 3.56. The predicted molar refractivity (Wildman–Crippen MR) is 107 cm³/mol. The molecule has 140 valence electrons. The zero-order chi connectivity index (χ0) is 19.0. The van der Waals surface area contributed by atoms with Gasteiger partial charge in [-0.15, -0.1) is 11.3 Å². The van der Waals surface area contributed by atoms with Crippen LogP contribution >= 0.6 is 11.3 Å². The molecule has 2 aromatic heterocycles. The van der Waals surface area contributed by atoms with E-state index in [9.17, 15) is 9.59 Å². The quantitative estimate of drug-likeness (QED) is 0.750. The van der Waals surface area contributed by atoms with E-state index in [1.54, 1.807) is 18.4 Å². The smallest absolute Gasteiger partial charge is 0.262 e. The van der Waals surface area contributed by atoms with Gasteiger partial charge >= 0.3 is 0 Å². The number of anilines is 1. The minimum absolute atomic E-state index is 0.0799. The summed E-state index contributed by atoms with van der Waals surface area (Å²) >= 11 is 1.61. The van der Waals surface area contributed by atoms with Gasteiger partial charge in [0.05, 0.1) is 24.5 Å². The first-order valence-corrected chi connectivity index (χ1v) is 9.82. The van der Waals surface area contributed by atoms with Crippen molar-refractivity contribution in [1.29, 1.82) is 0 Å². The number of thiophene rings is 1. The molecular formula is C20H21N3O3S. The van der Waals surface area contributed by atoms with Crippen LogP contribution < -0.4 is 15.6 Å². The number of aryl methyl sites for hydroxylation is 3. The first-order valence-electron chi connectivity index (χ1n) is 9.01. The molecule has 0 radical (unpaired) electrons. The van der Waals surface area contributed by atoms with Crippen LogP contribution in [0.2, 0.25) is 0 Å². The van der Waals surface area contributed by atoms with Crippen molar-refractivity contribution in [3.05, 3.63) is 50.9 Å². The average Bonchev–Trinajstić information content (AvgIpc) is 3.03. The van der Waals surface area contributed by atoms with E-state index >= 15 is 0 Å². The molecule has 0 saturated carbocycles. The lowest BCUT2D eigenvalue weighted by atomic mass is 9.97. The Kier molecular flexibility index (Phi) is 4.70. The summed E-state index contributed by atoms with van der Waals surface area (Å²) in [6.45, 7) is 1.86. The Morgan fingerprint density at radius 2 is 2.15 bits per heavy atom. The number of aromatic nitrogens is 2. The van der Waals surface area contributed by atoms with Crippen LogP contribution in [0.15, 0.2) is 29.3 Å². The van der Waals surface area contributed by atoms with Gasteiger partial charge in [-0.3, -0.25) is 14.2 Å². The third-order valence-electron chi connectivity index (χ3n) is 4.88. The maximum absolute atomic E-state index is 13.0. The predicted octanol–water partition coefficient (Wildman–Crippen LogP) is 3.29. The van der Waals surface area contributed by atoms with Crippen LogP contribution in [0.25, 0.3) is 10.2 Å². The van der Waals surface area contributed by atoms with Crippen molar-refractivity contribution in [3.63, 3.8) is 0 Å². The molecule has 1 N–H and O–H groups in total. The van der Waals surface area contributed by atoms with Crippen molar-refractivity contribution < 1.29 is 9.53 Å². The Hall–Kier alpha value is -2.67. The summed E-state index contributed by atoms with van der Waals surface area (Å²) in [4.78, 5) is 32.0. The zero-order valence-electron chi connectivity index (χ0n) is 15.4. The number of methoxy groups -OCH3 is 1. The van der Waals surface area contributed by atoms with Crippen molar-refractivity contribution >= 4 is 33.1 Å². The molecule has 6 nitrogen and oxygen atoms in total. The van der Waals surface area contributed by atoms with Crippen molar-refractivity contribution in [2.45, 2.75) is 39.2 Å². The first-order chi connectivity index (χ1) is 13.1. The molecule has 7 heteroatoms. The maximum atomic E-state index is 13.0. The summed E-state index contributed by atoms with van der Waals surface area (Å²) in [6.07, 6.45) is 5.67. The fraction of sp³-hybridized carbons (Fsp3) is 0.350. The lowest BCUT2D eigenvalue weighted by molar-refractivity contribution is -0.116. The highest BCUT2D eigenvalue weighted by Crippen LogP contribution is 2.33. The van der Waals surface area contributed by atoms with Crippen LogP contribution in [0.1, 0.15) is 28.8 Å². The van der Waals surface area contributed by atoms with Gasteiger partial charge in [0.1, 0.15) is 17.1 Å². The van der Waals surface area contributed by atoms with E-state index in [1.165, 1.54) is 15.8 Å². The number of carbonyl (C=O) groups is 1. The van der Waals surface area contributed by atoms with E-state index in [1.807, 2.05) is 25.1 Å². The van der Waals surface area contributed by atoms with Gasteiger partial charge in [0, 0.05) is 4.88 Å². The first kappa shape index (κ1) is 17.7. The largest absolute Gasteiger partial charge is 0.495 e. The van der Waals surface area contributed by atoms with Crippen molar-refractivity contribution in [2.75, 3.05) is 12.4 Å². The van der Waals surface area contributed by atoms with Gasteiger partial charge in [-0.2, -0.15) is 0 Å². The van der Waals surface area contributed by atoms with E-state index in [4.69, 9.17) is 4.74 Å². The van der Waals surface area contributed by atoms with E-state index in [-0.39, 0.29) is 18.0 Å². The molecule has 0 atom stereocenters. The molecule has 27 heavy (non-hydrogen) atoms. The van der Waals surface area contributed by atoms with Crippen LogP contribution in [0.3, 0.4) is 0 Å². The van der Waals surface area contributed by atoms with Gasteiger partial charge in [-0.05, 0) is 55.9 Å². The Balaban J connectivity index is 1.62. The van der Waals surface area contributed by atoms with Crippen molar-refractivity contribution in [1.82, 2.24) is 9.55 Å². The number of benzene rings is 1. The molecule has 1 amide bonds. The number of nitrogens with one attached hydrogen (secondary N) is 1. The summed E-state index contributed by atoms with van der Waals surface area (Å²) < 4.78 is 6.68. The molecule has 0 saturated heterocycles. The van der Waals surface area contributed by atoms with E-state index in [0.717, 1.165) is 41.6 Å². The van der Waals surface area contributed by atoms with Crippen molar-refractivity contribution in [3.8, 4) is 5.75 Å². The number of amides is 1. The second-order valence-electron chi connectivity index (χ2n) is 6.82. The second kappa shape index (κ2) is 7.15. The lowest BCUT2D eigenvalue weighted by Gasteiger charge is -2.12. The maximum Gasteiger partial charge on any atom is 0.262 e. The Morgan fingerprint density at radius 1 is 1.33 bits per heavy atom. The zero-order valence-corrected chi connectivity index (χ0v) is 16.2. The summed E-state index contributed by atoms with van der Waals surface area (Å²) in [5.41, 5.74) is 2.60. The summed E-state index contributed by atoms with van der Waals surface area (Å²) in [5, 5.41) is 3.53. The molecule has 0 spiro atoms. The Labute approximate surface area is 160 Å². The monoisotopic (exact) mass is 383 g/mol. The van der Waals surface area contributed by atoms with Gasteiger partial charge in [0.15, 0.2) is 0 Å². The number of hydrogen-bond acceptors (Lipinski definition) is 5. The van der Waals surface area contributed by atoms with Crippen LogP contribution in [0.4, 0.5) is 5.69 Å². The number of rotatable bonds is 4. The lowest BCUT2D eigenvalue weighted by Crippen LogP contribution is -2.28. The summed E-state index contributed by atoms with van der Waals surface area (Å²) in [7, 11) is 1.56. The van der Waals surface area contributed by atoms with Crippen LogP contribution in [0, 0.1) is 6.92 Å². The molecule has 1 aliphatic carbocycles. The molecule has 2 heterocycles. The molecule has 0 aliphatic heterocycles. The van der Waals surface area contributed by atoms with Gasteiger partial charge in [-0.1, -0.05) is 6.07 Å². The second-order valence-corrected chi connectivity index (χ2v) is 7.90. The minimum Gasteiger partial charge on any atom is -0.495 e. The molecule has 1 aromatic carbocycles. The molecule has 0 bridgehead atoms. The Bertz CT molecular complexity index is 1080. The number of fused-ring (bicyclic) bond motifs is 3. The van der Waals surface area contributed by atoms with Crippen molar-refractivity contribution in [2.24, 2.45) is 0 Å². The third-order valence-corrected chi connectivity index (χ3v) is 6.08. The molecule has 3 aromatic rings. The topological polar surface area (TPSA) is 73.2 Å². The number of nitrogens with zero attached hydrogens (tertiary/aromatic N) is 2. The standard InChI is InChI=1S/C20H21N3O3S/c1-12-7-8-15(26-2)14(9-12)22-17(24)10-23-11-21-19-18(20(23)25)13-5-3-4-6-16(13)27-19/h7-9,11H,3-6,10H2,1-2H3,(H,22,24). The molecule has 0 fully saturated rings. The van der Waals surface area contributed by atoms with E-state index in [2.05, 4.69) is 10.3 Å². The normalized spacial score (nSPS) is 13.4. The van der Waals surface area contributed by atoms with E-state index in [0.29, 0.717) is 16.8 Å². The van der Waals surface area contributed by atoms with Gasteiger partial charge in [0.2, 0.25) is 5.91 Å². The number of carbonyl (C=O) groups excluding carboxylic acids is 1. The van der Waals surface area contributed by atoms with Crippen LogP contribution in [-0.2, 0) is 24.2 Å². The number of hydrogen-bond donors (Lipinski definition) is 1. The van der Waals surface area contributed by atoms with Gasteiger partial charge in [0.25, 0.3) is 5.56 Å². The molecule has 1 aliphatic rings. The van der Waals surface area contributed by atoms with E-state index < -0.39 is 0 Å². The highest BCUT2D eigenvalue weighted by molar-refractivity contribution is 7.18. The van der Waals surface area contributed by atoms with Crippen LogP contribution in [-0.4, -0.2) is 22.6 Å². The van der Waals surface area contributed by atoms with Gasteiger partial charge in [-0.25, -0.2) is 4.98 Å². The van der Waals surface area contributed by atoms with Gasteiger partial charge < -0.3 is 10.1 Å². The Morgan fingerprint density at radius 3 is 2.96 bits per heavy atom. The summed E-state index contributed by atoms with van der Waals surface area (Å²) in [6, 6.07) is 5.56. The molecular weight excluding hydrogens is 362 g/mol. The number of ether oxygens (including phenoxy) is 1. The molecule has 0 unspecified atom stereocenters. The SMILES string of the molecule is COc1ccc(C)cc1NC(=O)Cn1cnc2sc3c(c2c1=O)CCCC3. The highest BCUT2D eigenvalue weighted by atomic mass is 32.1. The van der Waals surface area contributed by atoms with Crippen LogP contribution in [0.5, 0.6) is 5.75 Å². The average molecular weight is 383 g/mol. The molecule has 4 rings (SSSR count). The minimum atomic E-state index is -0.286. The summed E-state index contributed by atoms with van der Waals surface area (Å²) in [5.74, 6) is 0.299. The third kappa shape index (κ3) is 3.35. The fourth-order valence-corrected chi connectivity index (χ4v) is 4.78.